The minimum Gasteiger partial charge on any atom is -0.381 e. The van der Waals surface area contributed by atoms with Crippen molar-refractivity contribution in [1.29, 1.82) is 0 Å². The number of carbonyl (C=O) groups excluding carboxylic acids is 3. The third-order valence-electron chi connectivity index (χ3n) is 10.5. The summed E-state index contributed by atoms with van der Waals surface area (Å²) in [6.07, 6.45) is -1.40. The second-order valence-electron chi connectivity index (χ2n) is 15.3. The number of nitrogens with one attached hydrogen (secondary N) is 3. The predicted molar refractivity (Wildman–Crippen MR) is 231 cm³/mol. The summed E-state index contributed by atoms with van der Waals surface area (Å²) < 4.78 is -0.609. The first kappa shape index (κ1) is 40.9. The van der Waals surface area contributed by atoms with Gasteiger partial charge in [0.1, 0.15) is 12.1 Å². The summed E-state index contributed by atoms with van der Waals surface area (Å²) in [5.41, 5.74) is 6.96. The fraction of sp³-hybridized carbons (Fsp3) is 0.326. The molecule has 8 nitrogen and oxygen atoms in total. The third-order valence-corrected chi connectivity index (χ3v) is 13.0. The van der Waals surface area contributed by atoms with Crippen LogP contribution in [0.1, 0.15) is 47.2 Å². The van der Waals surface area contributed by atoms with Crippen molar-refractivity contribution in [2.45, 2.75) is 88.4 Å². The van der Waals surface area contributed by atoms with Crippen molar-refractivity contribution < 1.29 is 19.5 Å². The Balaban J connectivity index is 1.25. The summed E-state index contributed by atoms with van der Waals surface area (Å²) in [4.78, 5) is 45.3. The summed E-state index contributed by atoms with van der Waals surface area (Å²) in [6, 6.07) is 33.5. The van der Waals surface area contributed by atoms with E-state index >= 15 is 0 Å². The van der Waals surface area contributed by atoms with Gasteiger partial charge in [-0.25, -0.2) is 0 Å². The number of hydrogen-bond donors (Lipinski definition) is 4. The molecule has 1 aliphatic rings. The van der Waals surface area contributed by atoms with Gasteiger partial charge in [0.15, 0.2) is 6.10 Å². The summed E-state index contributed by atoms with van der Waals surface area (Å²) in [7, 11) is 0. The molecule has 4 N–H and O–H groups in total. The van der Waals surface area contributed by atoms with Crippen molar-refractivity contribution in [3.63, 3.8) is 0 Å². The maximum absolute atomic E-state index is 14.6. The van der Waals surface area contributed by atoms with Gasteiger partial charge in [-0.15, -0.1) is 23.5 Å². The number of fused-ring (bicyclic) bond motifs is 1. The molecule has 1 aliphatic heterocycles. The molecule has 0 radical (unpaired) electrons. The standard InChI is InChI=1S/C46H52N4O4S2/c1-29-22-31(3)40(32(4)23-29)48-39(27-55-37-21-20-34-17-12-13-18-35(34)25-37)43(52)49-38(24-33-15-8-7-9-16-33)41(51)45(54)50-28-56-46(5,6)42(50)44(53)47-26-36-19-11-10-14-30(36)2/h7-23,25,38-39,41-42,48,51H,24,26-28H2,1-6H3,(H,47,53)(H,49,52)/t38-,39?,41-,42+/m0/s1. The lowest BCUT2D eigenvalue weighted by Gasteiger charge is -2.34. The molecule has 1 saturated heterocycles. The third kappa shape index (κ3) is 9.78. The molecule has 0 aliphatic carbocycles. The highest BCUT2D eigenvalue weighted by Crippen LogP contribution is 2.40. The van der Waals surface area contributed by atoms with Gasteiger partial charge in [-0.2, -0.15) is 0 Å². The lowest BCUT2D eigenvalue weighted by atomic mass is 9.96. The van der Waals surface area contributed by atoms with Gasteiger partial charge in [-0.3, -0.25) is 14.4 Å². The highest BCUT2D eigenvalue weighted by Gasteiger charge is 2.50. The van der Waals surface area contributed by atoms with Crippen LogP contribution in [0.4, 0.5) is 5.69 Å². The van der Waals surface area contributed by atoms with Gasteiger partial charge >= 0.3 is 0 Å². The molecule has 5 aromatic carbocycles. The maximum Gasteiger partial charge on any atom is 0.254 e. The Morgan fingerprint density at radius 2 is 1.50 bits per heavy atom. The number of aliphatic hydroxyl groups excluding tert-OH is 1. The molecule has 292 valence electrons. The number of amides is 3. The van der Waals surface area contributed by atoms with Crippen LogP contribution in [0.3, 0.4) is 0 Å². The molecule has 6 rings (SSSR count). The van der Waals surface area contributed by atoms with Crippen LogP contribution in [0.2, 0.25) is 0 Å². The van der Waals surface area contributed by atoms with E-state index in [4.69, 9.17) is 0 Å². The zero-order chi connectivity index (χ0) is 40.0. The molecular formula is C46H52N4O4S2. The van der Waals surface area contributed by atoms with Gasteiger partial charge in [0.25, 0.3) is 5.91 Å². The Kier molecular flexibility index (Phi) is 13.1. The summed E-state index contributed by atoms with van der Waals surface area (Å²) in [5, 5.41) is 23.9. The molecule has 56 heavy (non-hydrogen) atoms. The molecule has 1 unspecified atom stereocenters. The molecule has 10 heteroatoms. The smallest absolute Gasteiger partial charge is 0.254 e. The number of nitrogens with zero attached hydrogens (tertiary/aromatic N) is 1. The molecule has 0 bridgehead atoms. The van der Waals surface area contributed by atoms with E-state index in [-0.39, 0.29) is 24.1 Å². The van der Waals surface area contributed by atoms with E-state index < -0.39 is 34.9 Å². The second kappa shape index (κ2) is 18.0. The second-order valence-corrected chi connectivity index (χ2v) is 18.0. The van der Waals surface area contributed by atoms with Gasteiger partial charge in [0.2, 0.25) is 11.8 Å². The highest BCUT2D eigenvalue weighted by atomic mass is 32.2. The predicted octanol–water partition coefficient (Wildman–Crippen LogP) is 7.73. The van der Waals surface area contributed by atoms with Gasteiger partial charge in [0, 0.05) is 27.6 Å². The van der Waals surface area contributed by atoms with Crippen molar-refractivity contribution in [2.75, 3.05) is 16.9 Å². The molecule has 4 atom stereocenters. The number of thioether (sulfide) groups is 2. The first-order valence-electron chi connectivity index (χ1n) is 19.1. The molecular weight excluding hydrogens is 737 g/mol. The first-order chi connectivity index (χ1) is 26.8. The normalized spacial score (nSPS) is 16.6. The van der Waals surface area contributed by atoms with E-state index in [1.54, 1.807) is 11.8 Å². The lowest BCUT2D eigenvalue weighted by Crippen LogP contribution is -2.59. The number of rotatable bonds is 14. The van der Waals surface area contributed by atoms with E-state index in [2.05, 4.69) is 65.3 Å². The molecule has 1 fully saturated rings. The number of hydrogen-bond acceptors (Lipinski definition) is 7. The average molecular weight is 789 g/mol. The molecule has 0 aromatic heterocycles. The van der Waals surface area contributed by atoms with Crippen molar-refractivity contribution in [3.05, 3.63) is 143 Å². The largest absolute Gasteiger partial charge is 0.381 e. The lowest BCUT2D eigenvalue weighted by molar-refractivity contribution is -0.147. The van der Waals surface area contributed by atoms with Crippen molar-refractivity contribution in [2.24, 2.45) is 0 Å². The van der Waals surface area contributed by atoms with E-state index in [1.807, 2.05) is 101 Å². The molecule has 0 saturated carbocycles. The minimum absolute atomic E-state index is 0.209. The van der Waals surface area contributed by atoms with E-state index in [0.29, 0.717) is 12.3 Å². The van der Waals surface area contributed by atoms with Crippen molar-refractivity contribution >= 4 is 57.7 Å². The van der Waals surface area contributed by atoms with E-state index in [9.17, 15) is 19.5 Å². The monoisotopic (exact) mass is 788 g/mol. The quantitative estimate of drug-likeness (QED) is 0.0854. The van der Waals surface area contributed by atoms with Gasteiger partial charge in [-0.1, -0.05) is 103 Å². The topological polar surface area (TPSA) is 111 Å². The molecule has 3 amide bonds. The summed E-state index contributed by atoms with van der Waals surface area (Å²) in [6.45, 7) is 12.3. The van der Waals surface area contributed by atoms with E-state index in [0.717, 1.165) is 54.7 Å². The number of aryl methyl sites for hydroxylation is 4. The van der Waals surface area contributed by atoms with Crippen LogP contribution < -0.4 is 16.0 Å². The van der Waals surface area contributed by atoms with Crippen LogP contribution >= 0.6 is 23.5 Å². The Bertz CT molecular complexity index is 2170. The van der Waals surface area contributed by atoms with Gasteiger partial charge in [0.05, 0.1) is 11.9 Å². The van der Waals surface area contributed by atoms with Crippen molar-refractivity contribution in [1.82, 2.24) is 15.5 Å². The zero-order valence-electron chi connectivity index (χ0n) is 33.0. The Morgan fingerprint density at radius 3 is 2.21 bits per heavy atom. The van der Waals surface area contributed by atoms with Gasteiger partial charge < -0.3 is 26.0 Å². The van der Waals surface area contributed by atoms with Crippen LogP contribution in [-0.2, 0) is 27.3 Å². The fourth-order valence-electron chi connectivity index (χ4n) is 7.44. The van der Waals surface area contributed by atoms with E-state index in [1.165, 1.54) is 16.7 Å². The molecule has 1 heterocycles. The number of carbonyl (C=O) groups is 3. The zero-order valence-corrected chi connectivity index (χ0v) is 34.6. The molecule has 0 spiro atoms. The SMILES string of the molecule is Cc1cc(C)c(NC(CSc2ccc3ccccc3c2)C(=O)N[C@@H](Cc2ccccc2)[C@H](O)C(=O)N2CSC(C)(C)[C@H]2C(=O)NCc2ccccc2C)c(C)c1. The minimum atomic E-state index is -1.61. The fourth-order valence-corrected chi connectivity index (χ4v) is 9.55. The van der Waals surface area contributed by atoms with Crippen LogP contribution in [0, 0.1) is 27.7 Å². The number of benzene rings is 5. The summed E-state index contributed by atoms with van der Waals surface area (Å²) in [5.74, 6) is -0.601. The van der Waals surface area contributed by atoms with Gasteiger partial charge in [-0.05, 0) is 98.7 Å². The first-order valence-corrected chi connectivity index (χ1v) is 21.0. The van der Waals surface area contributed by atoms with Crippen LogP contribution in [0.25, 0.3) is 10.8 Å². The Hall–Kier alpha value is -4.77. The summed E-state index contributed by atoms with van der Waals surface area (Å²) >= 11 is 3.06. The van der Waals surface area contributed by atoms with Crippen LogP contribution in [0.15, 0.2) is 114 Å². The number of aliphatic hydroxyl groups is 1. The Labute approximate surface area is 339 Å². The maximum atomic E-state index is 14.6. The number of anilines is 1. The molecule has 5 aromatic rings. The van der Waals surface area contributed by atoms with Crippen LogP contribution in [-0.4, -0.2) is 68.3 Å². The average Bonchev–Trinajstić information content (AvgIpc) is 3.50. The van der Waals surface area contributed by atoms with Crippen molar-refractivity contribution in [3.8, 4) is 0 Å². The van der Waals surface area contributed by atoms with Crippen LogP contribution in [0.5, 0.6) is 0 Å². The highest BCUT2D eigenvalue weighted by molar-refractivity contribution is 8.01. The Morgan fingerprint density at radius 1 is 0.839 bits per heavy atom.